The van der Waals surface area contributed by atoms with E-state index in [0.717, 1.165) is 37.1 Å². The van der Waals surface area contributed by atoms with E-state index in [2.05, 4.69) is 55.3 Å². The second kappa shape index (κ2) is 10.7. The van der Waals surface area contributed by atoms with E-state index in [1.54, 1.807) is 0 Å². The number of hydrogen-bond donors (Lipinski definition) is 2. The summed E-state index contributed by atoms with van der Waals surface area (Å²) in [4.78, 5) is 7.39. The molecule has 0 bridgehead atoms. The molecule has 2 N–H and O–H groups in total. The average Bonchev–Trinajstić information content (AvgIpc) is 2.88. The second-order valence-electron chi connectivity index (χ2n) is 7.95. The smallest absolute Gasteiger partial charge is 0.191 e. The molecule has 1 aromatic rings. The number of likely N-dealkylation sites (tertiary alicyclic amines) is 1. The van der Waals surface area contributed by atoms with Crippen LogP contribution in [0.1, 0.15) is 57.0 Å². The van der Waals surface area contributed by atoms with Crippen LogP contribution >= 0.6 is 0 Å². The highest BCUT2D eigenvalue weighted by Gasteiger charge is 2.18. The van der Waals surface area contributed by atoms with Crippen molar-refractivity contribution >= 4 is 5.96 Å². The van der Waals surface area contributed by atoms with Gasteiger partial charge < -0.3 is 15.5 Å². The van der Waals surface area contributed by atoms with Crippen molar-refractivity contribution in [2.24, 2.45) is 18.0 Å². The fourth-order valence-corrected chi connectivity index (χ4v) is 3.97. The summed E-state index contributed by atoms with van der Waals surface area (Å²) in [5.74, 6) is 1.77. The van der Waals surface area contributed by atoms with E-state index >= 15 is 0 Å². The zero-order chi connectivity index (χ0) is 19.8. The Balaban J connectivity index is 1.83. The molecule has 1 fully saturated rings. The van der Waals surface area contributed by atoms with Crippen LogP contribution in [0.25, 0.3) is 0 Å². The highest BCUT2D eigenvalue weighted by molar-refractivity contribution is 5.80. The first-order valence-electron chi connectivity index (χ1n) is 10.7. The molecular weight excluding hydrogens is 336 g/mol. The van der Waals surface area contributed by atoms with Gasteiger partial charge in [-0.15, -0.1) is 0 Å². The van der Waals surface area contributed by atoms with E-state index in [-0.39, 0.29) is 0 Å². The quantitative estimate of drug-likeness (QED) is 0.541. The zero-order valence-electron chi connectivity index (χ0n) is 18.3. The standard InChI is InChI=1S/C21H40N6/c1-7-22-21(23-12-9-19-10-13-27(8-2)14-11-19)24-16(3)15-20-17(4)25-26(6)18(20)5/h16,19H,7-15H2,1-6H3,(H2,22,23,24). The van der Waals surface area contributed by atoms with Crippen molar-refractivity contribution < 1.29 is 0 Å². The lowest BCUT2D eigenvalue weighted by atomic mass is 9.94. The number of guanidine groups is 1. The molecule has 0 radical (unpaired) electrons. The average molecular weight is 377 g/mol. The van der Waals surface area contributed by atoms with Gasteiger partial charge in [0.1, 0.15) is 0 Å². The summed E-state index contributed by atoms with van der Waals surface area (Å²) < 4.78 is 1.97. The maximum atomic E-state index is 4.84. The van der Waals surface area contributed by atoms with Crippen LogP contribution in [0.5, 0.6) is 0 Å². The Morgan fingerprint density at radius 2 is 1.96 bits per heavy atom. The van der Waals surface area contributed by atoms with E-state index < -0.39 is 0 Å². The topological polar surface area (TPSA) is 57.5 Å². The number of rotatable bonds is 8. The van der Waals surface area contributed by atoms with Gasteiger partial charge in [-0.25, -0.2) is 0 Å². The summed E-state index contributed by atoms with van der Waals surface area (Å²) in [7, 11) is 2.01. The fourth-order valence-electron chi connectivity index (χ4n) is 3.97. The van der Waals surface area contributed by atoms with Crippen molar-refractivity contribution in [3.63, 3.8) is 0 Å². The Morgan fingerprint density at radius 3 is 2.52 bits per heavy atom. The van der Waals surface area contributed by atoms with E-state index in [9.17, 15) is 0 Å². The Labute approximate surface area is 165 Å². The first kappa shape index (κ1) is 21.7. The SMILES string of the molecule is CCNC(=NCCC1CCN(CC)CC1)NC(C)Cc1c(C)nn(C)c1C. The second-order valence-corrected chi connectivity index (χ2v) is 7.95. The molecule has 2 heterocycles. The lowest BCUT2D eigenvalue weighted by Gasteiger charge is -2.30. The largest absolute Gasteiger partial charge is 0.357 e. The number of aliphatic imine (C=N–C) groups is 1. The maximum absolute atomic E-state index is 4.84. The molecule has 6 nitrogen and oxygen atoms in total. The molecule has 2 rings (SSSR count). The van der Waals surface area contributed by atoms with Crippen LogP contribution < -0.4 is 10.6 Å². The van der Waals surface area contributed by atoms with Gasteiger partial charge in [0.25, 0.3) is 0 Å². The summed E-state index contributed by atoms with van der Waals surface area (Å²) in [6, 6.07) is 0.317. The maximum Gasteiger partial charge on any atom is 0.191 e. The Morgan fingerprint density at radius 1 is 1.26 bits per heavy atom. The molecule has 1 saturated heterocycles. The van der Waals surface area contributed by atoms with E-state index in [1.807, 2.05) is 11.7 Å². The molecule has 0 saturated carbocycles. The number of nitrogens with zero attached hydrogens (tertiary/aromatic N) is 4. The number of nitrogens with one attached hydrogen (secondary N) is 2. The predicted octanol–water partition coefficient (Wildman–Crippen LogP) is 2.65. The molecule has 0 amide bonds. The van der Waals surface area contributed by atoms with Gasteiger partial charge in [-0.05, 0) is 84.5 Å². The van der Waals surface area contributed by atoms with Gasteiger partial charge in [0.2, 0.25) is 0 Å². The van der Waals surface area contributed by atoms with Crippen molar-refractivity contribution in [1.82, 2.24) is 25.3 Å². The normalized spacial score (nSPS) is 17.9. The van der Waals surface area contributed by atoms with Crippen LogP contribution in [0.2, 0.25) is 0 Å². The van der Waals surface area contributed by atoms with Crippen LogP contribution in [0.3, 0.4) is 0 Å². The number of aryl methyl sites for hydroxylation is 2. The third kappa shape index (κ3) is 6.52. The van der Waals surface area contributed by atoms with Gasteiger partial charge >= 0.3 is 0 Å². The summed E-state index contributed by atoms with van der Waals surface area (Å²) in [5.41, 5.74) is 3.72. The van der Waals surface area contributed by atoms with Gasteiger partial charge in [0, 0.05) is 31.9 Å². The summed E-state index contributed by atoms with van der Waals surface area (Å²) in [5, 5.41) is 11.5. The van der Waals surface area contributed by atoms with Crippen LogP contribution in [0.15, 0.2) is 4.99 Å². The molecule has 1 aliphatic heterocycles. The minimum Gasteiger partial charge on any atom is -0.357 e. The predicted molar refractivity (Wildman–Crippen MR) is 114 cm³/mol. The third-order valence-corrected chi connectivity index (χ3v) is 5.86. The molecule has 0 spiro atoms. The monoisotopic (exact) mass is 376 g/mol. The number of hydrogen-bond acceptors (Lipinski definition) is 3. The van der Waals surface area contributed by atoms with Crippen molar-refractivity contribution in [2.75, 3.05) is 32.7 Å². The molecule has 1 unspecified atom stereocenters. The number of piperidine rings is 1. The molecule has 6 heteroatoms. The van der Waals surface area contributed by atoms with Gasteiger partial charge in [-0.1, -0.05) is 6.92 Å². The molecule has 0 aromatic carbocycles. The Bertz CT molecular complexity index is 598. The highest BCUT2D eigenvalue weighted by Crippen LogP contribution is 2.20. The molecule has 1 atom stereocenters. The molecule has 1 aromatic heterocycles. The number of aromatic nitrogens is 2. The molecule has 1 aliphatic rings. The molecule has 154 valence electrons. The van der Waals surface area contributed by atoms with Crippen molar-refractivity contribution in [3.05, 3.63) is 17.0 Å². The minimum atomic E-state index is 0.317. The summed E-state index contributed by atoms with van der Waals surface area (Å²) in [6.07, 6.45) is 4.81. The fraction of sp³-hybridized carbons (Fsp3) is 0.810. The van der Waals surface area contributed by atoms with Gasteiger partial charge in [-0.3, -0.25) is 9.67 Å². The first-order valence-corrected chi connectivity index (χ1v) is 10.7. The summed E-state index contributed by atoms with van der Waals surface area (Å²) >= 11 is 0. The van der Waals surface area contributed by atoms with Crippen molar-refractivity contribution in [2.45, 2.75) is 66.3 Å². The zero-order valence-corrected chi connectivity index (χ0v) is 18.3. The Kier molecular flexibility index (Phi) is 8.61. The van der Waals surface area contributed by atoms with E-state index in [1.165, 1.54) is 50.2 Å². The van der Waals surface area contributed by atoms with Gasteiger partial charge in [0.05, 0.1) is 5.69 Å². The Hall–Kier alpha value is -1.56. The van der Waals surface area contributed by atoms with Gasteiger partial charge in [0.15, 0.2) is 5.96 Å². The van der Waals surface area contributed by atoms with Crippen molar-refractivity contribution in [1.29, 1.82) is 0 Å². The van der Waals surface area contributed by atoms with Crippen LogP contribution in [-0.4, -0.2) is 59.4 Å². The van der Waals surface area contributed by atoms with E-state index in [4.69, 9.17) is 4.99 Å². The minimum absolute atomic E-state index is 0.317. The molecular formula is C21H40N6. The van der Waals surface area contributed by atoms with Crippen LogP contribution in [0.4, 0.5) is 0 Å². The molecule has 27 heavy (non-hydrogen) atoms. The lowest BCUT2D eigenvalue weighted by molar-refractivity contribution is 0.188. The highest BCUT2D eigenvalue weighted by atomic mass is 15.3. The first-order chi connectivity index (χ1) is 12.9. The lowest BCUT2D eigenvalue weighted by Crippen LogP contribution is -2.43. The van der Waals surface area contributed by atoms with Crippen molar-refractivity contribution in [3.8, 4) is 0 Å². The van der Waals surface area contributed by atoms with Crippen LogP contribution in [-0.2, 0) is 13.5 Å². The van der Waals surface area contributed by atoms with Gasteiger partial charge in [-0.2, -0.15) is 5.10 Å². The summed E-state index contributed by atoms with van der Waals surface area (Å²) in [6.45, 7) is 16.3. The third-order valence-electron chi connectivity index (χ3n) is 5.86. The molecule has 0 aliphatic carbocycles. The van der Waals surface area contributed by atoms with E-state index in [0.29, 0.717) is 6.04 Å². The van der Waals surface area contributed by atoms with Crippen LogP contribution in [0, 0.1) is 19.8 Å².